The maximum absolute atomic E-state index is 12.3. The van der Waals surface area contributed by atoms with E-state index in [0.29, 0.717) is 19.6 Å². The number of carbonyl (C=O) groups excluding carboxylic acids is 1. The Labute approximate surface area is 130 Å². The summed E-state index contributed by atoms with van der Waals surface area (Å²) >= 11 is 0. The zero-order valence-corrected chi connectivity index (χ0v) is 13.7. The second kappa shape index (κ2) is 7.10. The standard InChI is InChI=1S/C13H23N5O3S/c1-11(8-17-7-5-14-10-17)15-13(19)18-6-3-4-12(9-18)16-22(2,20)21/h5,7,10-12,16H,3-4,6,8-9H2,1-2H3,(H,15,19)/t11-,12-/m1/s1. The van der Waals surface area contributed by atoms with E-state index in [-0.39, 0.29) is 18.1 Å². The Morgan fingerprint density at radius 2 is 2.27 bits per heavy atom. The fourth-order valence-corrected chi connectivity index (χ4v) is 3.42. The molecule has 8 nitrogen and oxygen atoms in total. The highest BCUT2D eigenvalue weighted by Gasteiger charge is 2.26. The topological polar surface area (TPSA) is 96.3 Å². The Bertz CT molecular complexity index is 587. The van der Waals surface area contributed by atoms with E-state index in [0.717, 1.165) is 19.1 Å². The maximum Gasteiger partial charge on any atom is 0.317 e. The molecule has 1 aliphatic rings. The van der Waals surface area contributed by atoms with Crippen LogP contribution in [0.2, 0.25) is 0 Å². The number of sulfonamides is 1. The van der Waals surface area contributed by atoms with Crippen molar-refractivity contribution < 1.29 is 13.2 Å². The first kappa shape index (κ1) is 16.8. The average molecular weight is 329 g/mol. The van der Waals surface area contributed by atoms with Gasteiger partial charge in [0.1, 0.15) is 0 Å². The third-order valence-corrected chi connectivity index (χ3v) is 4.26. The minimum atomic E-state index is -3.25. The number of aromatic nitrogens is 2. The SMILES string of the molecule is C[C@H](Cn1ccnc1)NC(=O)N1CCC[C@@H](NS(C)(=O)=O)C1. The van der Waals surface area contributed by atoms with Gasteiger partial charge in [-0.3, -0.25) is 0 Å². The summed E-state index contributed by atoms with van der Waals surface area (Å²) in [6, 6.07) is -0.406. The van der Waals surface area contributed by atoms with E-state index in [1.165, 1.54) is 0 Å². The summed E-state index contributed by atoms with van der Waals surface area (Å²) in [6.45, 7) is 3.61. The highest BCUT2D eigenvalue weighted by Crippen LogP contribution is 2.11. The predicted octanol–water partition coefficient (Wildman–Crippen LogP) is -0.00520. The predicted molar refractivity (Wildman–Crippen MR) is 82.8 cm³/mol. The first-order chi connectivity index (χ1) is 10.3. The van der Waals surface area contributed by atoms with E-state index < -0.39 is 10.0 Å². The van der Waals surface area contributed by atoms with Crippen LogP contribution >= 0.6 is 0 Å². The largest absolute Gasteiger partial charge is 0.335 e. The van der Waals surface area contributed by atoms with E-state index in [9.17, 15) is 13.2 Å². The molecule has 2 atom stereocenters. The van der Waals surface area contributed by atoms with Crippen LogP contribution in [-0.2, 0) is 16.6 Å². The smallest absolute Gasteiger partial charge is 0.317 e. The van der Waals surface area contributed by atoms with Crippen molar-refractivity contribution in [3.05, 3.63) is 18.7 Å². The normalized spacial score (nSPS) is 20.6. The van der Waals surface area contributed by atoms with E-state index in [1.807, 2.05) is 17.7 Å². The van der Waals surface area contributed by atoms with E-state index in [2.05, 4.69) is 15.0 Å². The molecule has 2 heterocycles. The lowest BCUT2D eigenvalue weighted by atomic mass is 10.1. The molecule has 1 fully saturated rings. The van der Waals surface area contributed by atoms with Crippen LogP contribution in [0, 0.1) is 0 Å². The molecule has 22 heavy (non-hydrogen) atoms. The lowest BCUT2D eigenvalue weighted by Gasteiger charge is -2.33. The molecule has 2 N–H and O–H groups in total. The van der Waals surface area contributed by atoms with Crippen molar-refractivity contribution in [2.45, 2.75) is 38.4 Å². The molecule has 1 aromatic heterocycles. The van der Waals surface area contributed by atoms with Gasteiger partial charge in [-0.15, -0.1) is 0 Å². The summed E-state index contributed by atoms with van der Waals surface area (Å²) in [5.41, 5.74) is 0. The number of amides is 2. The zero-order chi connectivity index (χ0) is 16.2. The number of urea groups is 1. The molecular weight excluding hydrogens is 306 g/mol. The minimum Gasteiger partial charge on any atom is -0.335 e. The van der Waals surface area contributed by atoms with Gasteiger partial charge in [-0.2, -0.15) is 0 Å². The Balaban J connectivity index is 1.83. The van der Waals surface area contributed by atoms with Gasteiger partial charge in [0.15, 0.2) is 0 Å². The Kier molecular flexibility index (Phi) is 5.41. The second-order valence-electron chi connectivity index (χ2n) is 5.79. The summed E-state index contributed by atoms with van der Waals surface area (Å²) in [7, 11) is -3.25. The van der Waals surface area contributed by atoms with Crippen molar-refractivity contribution in [1.29, 1.82) is 0 Å². The number of carbonyl (C=O) groups is 1. The highest BCUT2D eigenvalue weighted by molar-refractivity contribution is 7.88. The van der Waals surface area contributed by atoms with E-state index in [4.69, 9.17) is 0 Å². The molecule has 0 radical (unpaired) electrons. The van der Waals surface area contributed by atoms with Gasteiger partial charge in [-0.25, -0.2) is 22.9 Å². The molecule has 0 spiro atoms. The fraction of sp³-hybridized carbons (Fsp3) is 0.692. The second-order valence-corrected chi connectivity index (χ2v) is 7.57. The number of imidazole rings is 1. The molecule has 0 unspecified atom stereocenters. The van der Waals surface area contributed by atoms with E-state index >= 15 is 0 Å². The summed E-state index contributed by atoms with van der Waals surface area (Å²) < 4.78 is 27.1. The van der Waals surface area contributed by atoms with Crippen molar-refractivity contribution in [3.8, 4) is 0 Å². The molecule has 0 aromatic carbocycles. The molecule has 1 saturated heterocycles. The number of piperidine rings is 1. The molecule has 124 valence electrons. The van der Waals surface area contributed by atoms with Crippen molar-refractivity contribution in [3.63, 3.8) is 0 Å². The Morgan fingerprint density at radius 1 is 1.50 bits per heavy atom. The average Bonchev–Trinajstić information content (AvgIpc) is 2.89. The van der Waals surface area contributed by atoms with Crippen LogP contribution in [0.25, 0.3) is 0 Å². The van der Waals surface area contributed by atoms with Crippen molar-refractivity contribution in [2.75, 3.05) is 19.3 Å². The molecule has 9 heteroatoms. The lowest BCUT2D eigenvalue weighted by Crippen LogP contribution is -2.53. The van der Waals surface area contributed by atoms with Gasteiger partial charge in [0.25, 0.3) is 0 Å². The number of rotatable bonds is 5. The van der Waals surface area contributed by atoms with Gasteiger partial charge in [0.05, 0.1) is 12.6 Å². The van der Waals surface area contributed by atoms with Crippen LogP contribution in [0.1, 0.15) is 19.8 Å². The van der Waals surface area contributed by atoms with Gasteiger partial charge in [0.2, 0.25) is 10.0 Å². The van der Waals surface area contributed by atoms with Gasteiger partial charge in [-0.05, 0) is 19.8 Å². The van der Waals surface area contributed by atoms with Crippen LogP contribution in [0.5, 0.6) is 0 Å². The molecular formula is C13H23N5O3S. The van der Waals surface area contributed by atoms with E-state index in [1.54, 1.807) is 17.4 Å². The highest BCUT2D eigenvalue weighted by atomic mass is 32.2. The molecule has 0 aliphatic carbocycles. The van der Waals surface area contributed by atoms with Gasteiger partial charge >= 0.3 is 6.03 Å². The van der Waals surface area contributed by atoms with Crippen LogP contribution in [-0.4, -0.2) is 60.3 Å². The number of nitrogens with zero attached hydrogens (tertiary/aromatic N) is 3. The fourth-order valence-electron chi connectivity index (χ4n) is 2.62. The Hall–Kier alpha value is -1.61. The summed E-state index contributed by atoms with van der Waals surface area (Å²) in [4.78, 5) is 17.9. The lowest BCUT2D eigenvalue weighted by molar-refractivity contribution is 0.173. The molecule has 1 aliphatic heterocycles. The third-order valence-electron chi connectivity index (χ3n) is 3.50. The summed E-state index contributed by atoms with van der Waals surface area (Å²) in [6.07, 6.45) is 7.92. The molecule has 2 rings (SSSR count). The van der Waals surface area contributed by atoms with Crippen LogP contribution in [0.15, 0.2) is 18.7 Å². The van der Waals surface area contributed by atoms with Crippen molar-refractivity contribution in [2.24, 2.45) is 0 Å². The van der Waals surface area contributed by atoms with Gasteiger partial charge in [0, 0.05) is 44.1 Å². The third kappa shape index (κ3) is 5.30. The maximum atomic E-state index is 12.3. The summed E-state index contributed by atoms with van der Waals surface area (Å²) in [5.74, 6) is 0. The molecule has 2 amide bonds. The van der Waals surface area contributed by atoms with Crippen LogP contribution < -0.4 is 10.0 Å². The van der Waals surface area contributed by atoms with Crippen LogP contribution in [0.4, 0.5) is 4.79 Å². The monoisotopic (exact) mass is 329 g/mol. The summed E-state index contributed by atoms with van der Waals surface area (Å²) in [5, 5.41) is 2.93. The first-order valence-electron chi connectivity index (χ1n) is 7.32. The zero-order valence-electron chi connectivity index (χ0n) is 12.9. The quantitative estimate of drug-likeness (QED) is 0.794. The van der Waals surface area contributed by atoms with Crippen LogP contribution in [0.3, 0.4) is 0 Å². The number of hydrogen-bond donors (Lipinski definition) is 2. The molecule has 1 aromatic rings. The van der Waals surface area contributed by atoms with Gasteiger partial charge in [-0.1, -0.05) is 0 Å². The molecule has 0 bridgehead atoms. The number of likely N-dealkylation sites (tertiary alicyclic amines) is 1. The van der Waals surface area contributed by atoms with Crippen molar-refractivity contribution >= 4 is 16.1 Å². The van der Waals surface area contributed by atoms with Crippen molar-refractivity contribution in [1.82, 2.24) is 24.5 Å². The minimum absolute atomic E-state index is 0.0371. The number of nitrogens with one attached hydrogen (secondary N) is 2. The first-order valence-corrected chi connectivity index (χ1v) is 9.21. The Morgan fingerprint density at radius 3 is 2.91 bits per heavy atom. The molecule has 0 saturated carbocycles. The van der Waals surface area contributed by atoms with Gasteiger partial charge < -0.3 is 14.8 Å². The number of hydrogen-bond acceptors (Lipinski definition) is 4.